The van der Waals surface area contributed by atoms with Gasteiger partial charge in [-0.3, -0.25) is 4.90 Å². The molecule has 0 spiro atoms. The maximum Gasteiger partial charge on any atom is 0.0457 e. The van der Waals surface area contributed by atoms with E-state index in [0.29, 0.717) is 0 Å². The van der Waals surface area contributed by atoms with Crippen LogP contribution in [0.4, 0.5) is 0 Å². The number of benzene rings is 2. The van der Waals surface area contributed by atoms with Crippen molar-refractivity contribution in [2.45, 2.75) is 37.0 Å². The van der Waals surface area contributed by atoms with Crippen molar-refractivity contribution in [1.82, 2.24) is 14.8 Å². The van der Waals surface area contributed by atoms with E-state index in [2.05, 4.69) is 75.2 Å². The van der Waals surface area contributed by atoms with Crippen LogP contribution in [0.25, 0.3) is 10.9 Å². The Bertz CT molecular complexity index is 973. The summed E-state index contributed by atoms with van der Waals surface area (Å²) in [6.45, 7) is 5.95. The fourth-order valence-electron chi connectivity index (χ4n) is 5.11. The maximum absolute atomic E-state index is 6.20. The Hall–Kier alpha value is -1.46. The molecule has 0 aliphatic carbocycles. The highest BCUT2D eigenvalue weighted by atomic mass is 35.5. The van der Waals surface area contributed by atoms with Gasteiger partial charge in [0.2, 0.25) is 0 Å². The van der Waals surface area contributed by atoms with Gasteiger partial charge in [-0.25, -0.2) is 0 Å². The molecule has 2 unspecified atom stereocenters. The monoisotopic (exact) mass is 453 g/mol. The van der Waals surface area contributed by atoms with E-state index in [1.807, 2.05) is 6.07 Å². The SMILES string of the molecule is Clc1ccc2[nH]cc(CCN3CCN(C4CCC(Cc5ccccc5)SC4)CC3)c2c1. The summed E-state index contributed by atoms with van der Waals surface area (Å²) in [5, 5.41) is 2.89. The quantitative estimate of drug-likeness (QED) is 0.533. The summed E-state index contributed by atoms with van der Waals surface area (Å²) in [7, 11) is 0. The molecular formula is C26H32ClN3S. The number of fused-ring (bicyclic) bond motifs is 1. The van der Waals surface area contributed by atoms with E-state index in [0.717, 1.165) is 29.3 Å². The number of nitrogens with zero attached hydrogens (tertiary/aromatic N) is 2. The molecule has 1 N–H and O–H groups in total. The Kier molecular flexibility index (Phi) is 6.90. The van der Waals surface area contributed by atoms with Gasteiger partial charge in [-0.15, -0.1) is 0 Å². The summed E-state index contributed by atoms with van der Waals surface area (Å²) < 4.78 is 0. The van der Waals surface area contributed by atoms with Crippen LogP contribution in [0.2, 0.25) is 5.02 Å². The second-order valence-corrected chi connectivity index (χ2v) is 10.8. The molecule has 2 aliphatic rings. The molecule has 5 heteroatoms. The molecule has 0 amide bonds. The molecular weight excluding hydrogens is 422 g/mol. The molecule has 2 atom stereocenters. The van der Waals surface area contributed by atoms with E-state index in [1.165, 1.54) is 73.2 Å². The number of aromatic amines is 1. The molecule has 0 bridgehead atoms. The number of aromatic nitrogens is 1. The second kappa shape index (κ2) is 9.99. The number of thioether (sulfide) groups is 1. The molecule has 2 aliphatic heterocycles. The minimum Gasteiger partial charge on any atom is -0.361 e. The molecule has 2 saturated heterocycles. The van der Waals surface area contributed by atoms with Crippen molar-refractivity contribution in [3.63, 3.8) is 0 Å². The van der Waals surface area contributed by atoms with Gasteiger partial charge in [0, 0.05) is 71.9 Å². The third-order valence-corrected chi connectivity index (χ3v) is 8.69. The van der Waals surface area contributed by atoms with Crippen LogP contribution in [0, 0.1) is 0 Å². The normalized spacial score (nSPS) is 23.4. The maximum atomic E-state index is 6.20. The van der Waals surface area contributed by atoms with Crippen molar-refractivity contribution < 1.29 is 0 Å². The summed E-state index contributed by atoms with van der Waals surface area (Å²) in [6, 6.07) is 17.9. The predicted octanol–water partition coefficient (Wildman–Crippen LogP) is 5.49. The molecule has 1 aromatic heterocycles. The number of rotatable bonds is 6. The largest absolute Gasteiger partial charge is 0.361 e. The standard InChI is InChI=1S/C26H32ClN3S/c27-22-6-9-26-25(17-22)21(18-28-26)10-11-29-12-14-30(15-13-29)23-7-8-24(31-19-23)16-20-4-2-1-3-5-20/h1-6,9,17-18,23-24,28H,7-8,10-16,19H2. The Morgan fingerprint density at radius 2 is 1.84 bits per heavy atom. The topological polar surface area (TPSA) is 22.3 Å². The number of hydrogen-bond donors (Lipinski definition) is 1. The zero-order chi connectivity index (χ0) is 21.0. The van der Waals surface area contributed by atoms with E-state index in [4.69, 9.17) is 11.6 Å². The first-order chi connectivity index (χ1) is 15.2. The highest BCUT2D eigenvalue weighted by molar-refractivity contribution is 8.00. The molecule has 2 aromatic carbocycles. The van der Waals surface area contributed by atoms with Gasteiger partial charge in [-0.05, 0) is 55.0 Å². The minimum atomic E-state index is 0.773. The average molecular weight is 454 g/mol. The van der Waals surface area contributed by atoms with Crippen LogP contribution in [0.1, 0.15) is 24.0 Å². The van der Waals surface area contributed by atoms with Crippen molar-refractivity contribution in [1.29, 1.82) is 0 Å². The van der Waals surface area contributed by atoms with Crippen molar-refractivity contribution in [2.75, 3.05) is 38.5 Å². The molecule has 0 radical (unpaired) electrons. The van der Waals surface area contributed by atoms with E-state index in [-0.39, 0.29) is 0 Å². The molecule has 2 fully saturated rings. The van der Waals surface area contributed by atoms with Gasteiger partial charge in [0.05, 0.1) is 0 Å². The molecule has 3 aromatic rings. The highest BCUT2D eigenvalue weighted by Crippen LogP contribution is 2.31. The van der Waals surface area contributed by atoms with Gasteiger partial charge in [0.15, 0.2) is 0 Å². The van der Waals surface area contributed by atoms with Gasteiger partial charge in [-0.1, -0.05) is 41.9 Å². The predicted molar refractivity (Wildman–Crippen MR) is 134 cm³/mol. The van der Waals surface area contributed by atoms with E-state index in [9.17, 15) is 0 Å². The van der Waals surface area contributed by atoms with Gasteiger partial charge in [0.1, 0.15) is 0 Å². The fraction of sp³-hybridized carbons (Fsp3) is 0.462. The average Bonchev–Trinajstić information content (AvgIpc) is 3.21. The van der Waals surface area contributed by atoms with Crippen LogP contribution in [0.15, 0.2) is 54.7 Å². The van der Waals surface area contributed by atoms with Crippen LogP contribution >= 0.6 is 23.4 Å². The highest BCUT2D eigenvalue weighted by Gasteiger charge is 2.28. The third kappa shape index (κ3) is 5.31. The molecule has 3 heterocycles. The van der Waals surface area contributed by atoms with Gasteiger partial charge in [-0.2, -0.15) is 11.8 Å². The number of piperazine rings is 1. The van der Waals surface area contributed by atoms with Crippen molar-refractivity contribution in [3.8, 4) is 0 Å². The second-order valence-electron chi connectivity index (χ2n) is 9.01. The summed E-state index contributed by atoms with van der Waals surface area (Å²) in [5.74, 6) is 1.30. The fourth-order valence-corrected chi connectivity index (χ4v) is 6.76. The van der Waals surface area contributed by atoms with E-state index in [1.54, 1.807) is 0 Å². The third-order valence-electron chi connectivity index (χ3n) is 7.00. The lowest BCUT2D eigenvalue weighted by molar-refractivity contribution is 0.0989. The lowest BCUT2D eigenvalue weighted by Gasteiger charge is -2.41. The lowest BCUT2D eigenvalue weighted by atomic mass is 10.0. The molecule has 0 saturated carbocycles. The van der Waals surface area contributed by atoms with Crippen LogP contribution in [0.3, 0.4) is 0 Å². The lowest BCUT2D eigenvalue weighted by Crippen LogP contribution is -2.52. The summed E-state index contributed by atoms with van der Waals surface area (Å²) in [5.41, 5.74) is 4.06. The summed E-state index contributed by atoms with van der Waals surface area (Å²) in [4.78, 5) is 8.77. The van der Waals surface area contributed by atoms with Gasteiger partial charge < -0.3 is 9.88 Å². The zero-order valence-electron chi connectivity index (χ0n) is 18.1. The Morgan fingerprint density at radius 3 is 2.61 bits per heavy atom. The van der Waals surface area contributed by atoms with Crippen LogP contribution in [-0.2, 0) is 12.8 Å². The smallest absolute Gasteiger partial charge is 0.0457 e. The van der Waals surface area contributed by atoms with Crippen molar-refractivity contribution in [3.05, 3.63) is 70.9 Å². The summed E-state index contributed by atoms with van der Waals surface area (Å²) in [6.07, 6.45) is 7.18. The van der Waals surface area contributed by atoms with E-state index >= 15 is 0 Å². The number of H-pyrrole nitrogens is 1. The van der Waals surface area contributed by atoms with Gasteiger partial charge >= 0.3 is 0 Å². The summed E-state index contributed by atoms with van der Waals surface area (Å²) >= 11 is 8.41. The first kappa shape index (κ1) is 21.4. The van der Waals surface area contributed by atoms with Crippen molar-refractivity contribution in [2.24, 2.45) is 0 Å². The minimum absolute atomic E-state index is 0.773. The van der Waals surface area contributed by atoms with Crippen LogP contribution in [-0.4, -0.2) is 64.6 Å². The van der Waals surface area contributed by atoms with Crippen LogP contribution < -0.4 is 0 Å². The Labute approximate surface area is 195 Å². The number of halogens is 1. The molecule has 5 rings (SSSR count). The Balaban J connectivity index is 1.06. The zero-order valence-corrected chi connectivity index (χ0v) is 19.7. The molecule has 31 heavy (non-hydrogen) atoms. The van der Waals surface area contributed by atoms with E-state index < -0.39 is 0 Å². The van der Waals surface area contributed by atoms with Gasteiger partial charge in [0.25, 0.3) is 0 Å². The number of nitrogens with one attached hydrogen (secondary N) is 1. The first-order valence-corrected chi connectivity index (χ1v) is 13.0. The first-order valence-electron chi connectivity index (χ1n) is 11.6. The molecule has 164 valence electrons. The van der Waals surface area contributed by atoms with Crippen LogP contribution in [0.5, 0.6) is 0 Å². The number of hydrogen-bond acceptors (Lipinski definition) is 3. The van der Waals surface area contributed by atoms with Crippen molar-refractivity contribution >= 4 is 34.3 Å². The Morgan fingerprint density at radius 1 is 1.00 bits per heavy atom. The molecule has 3 nitrogen and oxygen atoms in total.